The number of halogens is 4. The van der Waals surface area contributed by atoms with Crippen LogP contribution in [0.5, 0.6) is 0 Å². The standard InChI is InChI=1S/C18H18ClF3N4O2/c1-24-17(28)12(6-10-2-4-13(5-3-10)18(20,21)22)9-26-16-14(19)7-11(8-25-16)15(23)27/h2-5,7-8,12H,6,9H2,1H3,(H2,23,27)(H,24,28)(H,25,26). The Morgan fingerprint density at radius 2 is 1.89 bits per heavy atom. The number of rotatable bonds is 7. The molecule has 1 heterocycles. The van der Waals surface area contributed by atoms with E-state index in [0.29, 0.717) is 5.56 Å². The minimum Gasteiger partial charge on any atom is -0.368 e. The van der Waals surface area contributed by atoms with Crippen molar-refractivity contribution in [1.82, 2.24) is 10.3 Å². The molecule has 0 spiro atoms. The average Bonchev–Trinajstić information content (AvgIpc) is 2.64. The van der Waals surface area contributed by atoms with Gasteiger partial charge in [-0.2, -0.15) is 13.2 Å². The number of amides is 2. The molecule has 0 aliphatic carbocycles. The minimum absolute atomic E-state index is 0.128. The normalized spacial score (nSPS) is 12.3. The van der Waals surface area contributed by atoms with Crippen molar-refractivity contribution in [1.29, 1.82) is 0 Å². The molecular weight excluding hydrogens is 397 g/mol. The number of hydrogen-bond acceptors (Lipinski definition) is 4. The van der Waals surface area contributed by atoms with Crippen LogP contribution in [0, 0.1) is 5.92 Å². The van der Waals surface area contributed by atoms with Gasteiger partial charge in [0, 0.05) is 19.8 Å². The van der Waals surface area contributed by atoms with Crippen LogP contribution in [0.3, 0.4) is 0 Å². The van der Waals surface area contributed by atoms with Crippen LogP contribution in [0.4, 0.5) is 19.0 Å². The molecule has 2 rings (SSSR count). The van der Waals surface area contributed by atoms with E-state index in [-0.39, 0.29) is 35.3 Å². The van der Waals surface area contributed by atoms with Crippen molar-refractivity contribution >= 4 is 29.2 Å². The second-order valence-electron chi connectivity index (χ2n) is 6.01. The number of aromatic nitrogens is 1. The van der Waals surface area contributed by atoms with Gasteiger partial charge in [0.1, 0.15) is 5.82 Å². The molecule has 0 fully saturated rings. The largest absolute Gasteiger partial charge is 0.416 e. The number of pyridine rings is 1. The lowest BCUT2D eigenvalue weighted by Gasteiger charge is -2.18. The van der Waals surface area contributed by atoms with Gasteiger partial charge in [0.15, 0.2) is 0 Å². The first-order valence-electron chi connectivity index (χ1n) is 8.18. The zero-order valence-electron chi connectivity index (χ0n) is 14.8. The number of nitrogens with zero attached hydrogens (tertiary/aromatic N) is 1. The molecule has 1 aromatic carbocycles. The number of nitrogens with one attached hydrogen (secondary N) is 2. The Kier molecular flexibility index (Phi) is 6.85. The molecule has 6 nitrogen and oxygen atoms in total. The van der Waals surface area contributed by atoms with Crippen molar-refractivity contribution in [2.45, 2.75) is 12.6 Å². The monoisotopic (exact) mass is 414 g/mol. The third-order valence-corrected chi connectivity index (χ3v) is 4.31. The highest BCUT2D eigenvalue weighted by Gasteiger charge is 2.30. The molecule has 0 aliphatic heterocycles. The lowest BCUT2D eigenvalue weighted by Crippen LogP contribution is -2.34. The Morgan fingerprint density at radius 3 is 2.39 bits per heavy atom. The second-order valence-corrected chi connectivity index (χ2v) is 6.42. The fraction of sp³-hybridized carbons (Fsp3) is 0.278. The fourth-order valence-electron chi connectivity index (χ4n) is 2.50. The number of primary amides is 1. The number of carbonyl (C=O) groups excluding carboxylic acids is 2. The highest BCUT2D eigenvalue weighted by atomic mass is 35.5. The van der Waals surface area contributed by atoms with Gasteiger partial charge in [-0.05, 0) is 30.2 Å². The molecule has 0 saturated carbocycles. The summed E-state index contributed by atoms with van der Waals surface area (Å²) in [4.78, 5) is 27.3. The highest BCUT2D eigenvalue weighted by Crippen LogP contribution is 2.29. The van der Waals surface area contributed by atoms with Gasteiger partial charge in [0.05, 0.1) is 22.1 Å². The van der Waals surface area contributed by atoms with Crippen molar-refractivity contribution < 1.29 is 22.8 Å². The highest BCUT2D eigenvalue weighted by molar-refractivity contribution is 6.33. The van der Waals surface area contributed by atoms with Gasteiger partial charge >= 0.3 is 6.18 Å². The zero-order chi connectivity index (χ0) is 20.9. The van der Waals surface area contributed by atoms with E-state index in [4.69, 9.17) is 17.3 Å². The lowest BCUT2D eigenvalue weighted by molar-refractivity contribution is -0.137. The van der Waals surface area contributed by atoms with Crippen LogP contribution in [0.25, 0.3) is 0 Å². The SMILES string of the molecule is CNC(=O)C(CNc1ncc(C(N)=O)cc1Cl)Cc1ccc(C(F)(F)F)cc1. The van der Waals surface area contributed by atoms with E-state index in [0.717, 1.165) is 12.1 Å². The molecule has 10 heteroatoms. The predicted molar refractivity (Wildman–Crippen MR) is 99.0 cm³/mol. The second kappa shape index (κ2) is 8.92. The Hall–Kier alpha value is -2.81. The molecule has 1 unspecified atom stereocenters. The summed E-state index contributed by atoms with van der Waals surface area (Å²) in [5, 5.41) is 5.59. The van der Waals surface area contributed by atoms with Crippen LogP contribution >= 0.6 is 11.6 Å². The van der Waals surface area contributed by atoms with E-state index < -0.39 is 23.6 Å². The molecule has 150 valence electrons. The van der Waals surface area contributed by atoms with Gasteiger partial charge in [-0.3, -0.25) is 9.59 Å². The number of hydrogen-bond donors (Lipinski definition) is 3. The summed E-state index contributed by atoms with van der Waals surface area (Å²) in [6, 6.07) is 5.98. The molecule has 0 aliphatic rings. The van der Waals surface area contributed by atoms with Crippen molar-refractivity contribution in [3.05, 3.63) is 58.2 Å². The van der Waals surface area contributed by atoms with Crippen LogP contribution < -0.4 is 16.4 Å². The lowest BCUT2D eigenvalue weighted by atomic mass is 9.97. The number of nitrogens with two attached hydrogens (primary N) is 1. The van der Waals surface area contributed by atoms with Crippen LogP contribution in [0.15, 0.2) is 36.5 Å². The van der Waals surface area contributed by atoms with Gasteiger partial charge in [-0.15, -0.1) is 0 Å². The molecule has 1 atom stereocenters. The van der Waals surface area contributed by atoms with E-state index in [1.54, 1.807) is 0 Å². The van der Waals surface area contributed by atoms with E-state index in [9.17, 15) is 22.8 Å². The molecule has 2 amide bonds. The zero-order valence-corrected chi connectivity index (χ0v) is 15.6. The quantitative estimate of drug-likeness (QED) is 0.649. The topological polar surface area (TPSA) is 97.1 Å². The first-order chi connectivity index (χ1) is 13.1. The van der Waals surface area contributed by atoms with Crippen molar-refractivity contribution in [2.24, 2.45) is 11.7 Å². The molecule has 2 aromatic rings. The van der Waals surface area contributed by atoms with Gasteiger partial charge in [-0.1, -0.05) is 23.7 Å². The Morgan fingerprint density at radius 1 is 1.25 bits per heavy atom. The summed E-state index contributed by atoms with van der Waals surface area (Å²) in [5.74, 6) is -1.30. The summed E-state index contributed by atoms with van der Waals surface area (Å²) in [6.45, 7) is 0.128. The van der Waals surface area contributed by atoms with Gasteiger partial charge in [0.2, 0.25) is 11.8 Å². The summed E-state index contributed by atoms with van der Waals surface area (Å²) in [7, 11) is 1.47. The van der Waals surface area contributed by atoms with Gasteiger partial charge < -0.3 is 16.4 Å². The summed E-state index contributed by atoms with van der Waals surface area (Å²) < 4.78 is 38.0. The molecule has 4 N–H and O–H groups in total. The maximum Gasteiger partial charge on any atom is 0.416 e. The smallest absolute Gasteiger partial charge is 0.368 e. The number of carbonyl (C=O) groups is 2. The molecule has 0 bridgehead atoms. The van der Waals surface area contributed by atoms with E-state index in [1.165, 1.54) is 31.4 Å². The third-order valence-electron chi connectivity index (χ3n) is 4.02. The molecule has 0 saturated heterocycles. The molecule has 1 aromatic heterocycles. The predicted octanol–water partition coefficient (Wildman–Crippen LogP) is 2.87. The molecule has 0 radical (unpaired) electrons. The summed E-state index contributed by atoms with van der Waals surface area (Å²) in [5.41, 5.74) is 5.12. The first-order valence-corrected chi connectivity index (χ1v) is 8.56. The van der Waals surface area contributed by atoms with Crippen LogP contribution in [-0.4, -0.2) is 30.4 Å². The van der Waals surface area contributed by atoms with Crippen molar-refractivity contribution in [3.63, 3.8) is 0 Å². The number of anilines is 1. The van der Waals surface area contributed by atoms with Gasteiger partial charge in [-0.25, -0.2) is 4.98 Å². The Balaban J connectivity index is 2.10. The van der Waals surface area contributed by atoms with Crippen LogP contribution in [0.1, 0.15) is 21.5 Å². The van der Waals surface area contributed by atoms with Crippen molar-refractivity contribution in [3.8, 4) is 0 Å². The minimum atomic E-state index is -4.42. The fourth-order valence-corrected chi connectivity index (χ4v) is 2.73. The first kappa shape index (κ1) is 21.5. The number of benzene rings is 1. The van der Waals surface area contributed by atoms with E-state index >= 15 is 0 Å². The van der Waals surface area contributed by atoms with E-state index in [1.807, 2.05) is 0 Å². The third kappa shape index (κ3) is 5.59. The molecular formula is C18H18ClF3N4O2. The van der Waals surface area contributed by atoms with Crippen molar-refractivity contribution in [2.75, 3.05) is 18.9 Å². The maximum atomic E-state index is 12.7. The van der Waals surface area contributed by atoms with Crippen LogP contribution in [0.2, 0.25) is 5.02 Å². The average molecular weight is 415 g/mol. The Bertz CT molecular complexity index is 857. The van der Waals surface area contributed by atoms with Gasteiger partial charge in [0.25, 0.3) is 0 Å². The maximum absolute atomic E-state index is 12.7. The van der Waals surface area contributed by atoms with E-state index in [2.05, 4.69) is 15.6 Å². The van der Waals surface area contributed by atoms with Crippen LogP contribution in [-0.2, 0) is 17.4 Å². The summed E-state index contributed by atoms with van der Waals surface area (Å²) >= 11 is 6.05. The number of alkyl halides is 3. The molecule has 28 heavy (non-hydrogen) atoms. The summed E-state index contributed by atoms with van der Waals surface area (Å²) in [6.07, 6.45) is -2.96. The Labute approximate surface area is 164 Å².